The number of carbonyl (C=O) groups excluding carboxylic acids is 1. The minimum Gasteiger partial charge on any atom is -0.466 e. The smallest absolute Gasteiger partial charge is 0.314 e. The highest BCUT2D eigenvalue weighted by molar-refractivity contribution is 7.71. The van der Waals surface area contributed by atoms with E-state index in [2.05, 4.69) is 6.92 Å². The van der Waals surface area contributed by atoms with E-state index in [9.17, 15) is 4.79 Å². The summed E-state index contributed by atoms with van der Waals surface area (Å²) in [5.41, 5.74) is 0.990. The number of nitrogens with one attached hydrogen (secondary N) is 1. The highest BCUT2D eigenvalue weighted by Gasteiger charge is 2.30. The molecule has 1 aliphatic rings. The predicted octanol–water partition coefficient (Wildman–Crippen LogP) is 2.57. The highest BCUT2D eigenvalue weighted by Crippen LogP contribution is 2.20. The topological polar surface area (TPSA) is 53.5 Å². The van der Waals surface area contributed by atoms with Gasteiger partial charge in [0.25, 0.3) is 0 Å². The van der Waals surface area contributed by atoms with Crippen molar-refractivity contribution < 1.29 is 14.4 Å². The fourth-order valence-electron chi connectivity index (χ4n) is 3.61. The molecule has 6 nitrogen and oxygen atoms in total. The number of esters is 1. The molecule has 0 spiro atoms. The molecule has 1 N–H and O–H groups in total. The van der Waals surface area contributed by atoms with E-state index < -0.39 is 0 Å². The van der Waals surface area contributed by atoms with Crippen molar-refractivity contribution in [1.82, 2.24) is 14.3 Å². The largest absolute Gasteiger partial charge is 0.466 e. The summed E-state index contributed by atoms with van der Waals surface area (Å²) in [6.07, 6.45) is 1.90. The summed E-state index contributed by atoms with van der Waals surface area (Å²) < 4.78 is 9.82. The number of halogens is 1. The summed E-state index contributed by atoms with van der Waals surface area (Å²) in [5, 5.41) is 5.47. The molecule has 1 unspecified atom stereocenters. The Morgan fingerprint density at radius 1 is 1.37 bits per heavy atom. The van der Waals surface area contributed by atoms with E-state index in [4.69, 9.17) is 33.7 Å². The number of likely N-dealkylation sites (tertiary alicyclic amines) is 1. The van der Waals surface area contributed by atoms with Crippen LogP contribution in [0.1, 0.15) is 26.7 Å². The molecule has 8 heteroatoms. The molecule has 3 rings (SSSR count). The van der Waals surface area contributed by atoms with Crippen molar-refractivity contribution in [3.05, 3.63) is 34.1 Å². The molecular weight excluding hydrogens is 384 g/mol. The Morgan fingerprint density at radius 3 is 2.78 bits per heavy atom. The second kappa shape index (κ2) is 8.99. The summed E-state index contributed by atoms with van der Waals surface area (Å²) in [6.45, 7) is 7.51. The fraction of sp³-hybridized carbons (Fsp3) is 0.526. The molecule has 2 aromatic rings. The van der Waals surface area contributed by atoms with Crippen LogP contribution in [0.15, 0.2) is 24.3 Å². The molecule has 27 heavy (non-hydrogen) atoms. The second-order valence-corrected chi connectivity index (χ2v) is 7.61. The van der Waals surface area contributed by atoms with Crippen LogP contribution in [0.3, 0.4) is 0 Å². The molecular formula is C19H26ClN4O2S+. The van der Waals surface area contributed by atoms with Gasteiger partial charge in [0.2, 0.25) is 4.77 Å². The lowest BCUT2D eigenvalue weighted by molar-refractivity contribution is -0.930. The summed E-state index contributed by atoms with van der Waals surface area (Å²) in [6, 6.07) is 7.64. The van der Waals surface area contributed by atoms with E-state index in [1.807, 2.05) is 40.4 Å². The molecule has 0 bridgehead atoms. The van der Waals surface area contributed by atoms with Crippen LogP contribution in [0.25, 0.3) is 11.4 Å². The Balaban J connectivity index is 1.80. The lowest BCUT2D eigenvalue weighted by Crippen LogP contribution is -3.13. The first kappa shape index (κ1) is 20.0. The summed E-state index contributed by atoms with van der Waals surface area (Å²) in [7, 11) is 0. The summed E-state index contributed by atoms with van der Waals surface area (Å²) in [5.74, 6) is 0.726. The third kappa shape index (κ3) is 4.59. The third-order valence-corrected chi connectivity index (χ3v) is 5.64. The molecule has 0 radical (unpaired) electrons. The number of carbonyl (C=O) groups is 1. The fourth-order valence-corrected chi connectivity index (χ4v) is 4.06. The summed E-state index contributed by atoms with van der Waals surface area (Å²) >= 11 is 11.7. The van der Waals surface area contributed by atoms with Gasteiger partial charge < -0.3 is 14.2 Å². The maximum atomic E-state index is 12.1. The SMILES string of the molecule is CCOC(=O)[C@H]1CCC[NH+](Cn2nc(-c3ccc(Cl)cc3)n(CC)c2=S)C1. The lowest BCUT2D eigenvalue weighted by Gasteiger charge is -2.28. The van der Waals surface area contributed by atoms with Crippen LogP contribution < -0.4 is 4.90 Å². The molecule has 1 aromatic carbocycles. The van der Waals surface area contributed by atoms with Gasteiger partial charge in [0.1, 0.15) is 5.92 Å². The molecule has 1 aromatic heterocycles. The van der Waals surface area contributed by atoms with Crippen LogP contribution in [0.4, 0.5) is 0 Å². The number of hydrogen-bond donors (Lipinski definition) is 1. The first-order valence-corrected chi connectivity index (χ1v) is 10.3. The van der Waals surface area contributed by atoms with Gasteiger partial charge in [0.05, 0.1) is 19.7 Å². The van der Waals surface area contributed by atoms with Crippen molar-refractivity contribution in [3.63, 3.8) is 0 Å². The average Bonchev–Trinajstić information content (AvgIpc) is 2.98. The Bertz CT molecular complexity index is 846. The average molecular weight is 410 g/mol. The first-order chi connectivity index (χ1) is 13.0. The molecule has 0 aliphatic carbocycles. The first-order valence-electron chi connectivity index (χ1n) is 9.47. The molecule has 0 amide bonds. The zero-order valence-corrected chi connectivity index (χ0v) is 17.4. The van der Waals surface area contributed by atoms with Crippen LogP contribution in [0.5, 0.6) is 0 Å². The van der Waals surface area contributed by atoms with Crippen molar-refractivity contribution in [1.29, 1.82) is 0 Å². The van der Waals surface area contributed by atoms with Crippen molar-refractivity contribution in [3.8, 4) is 11.4 Å². The van der Waals surface area contributed by atoms with Gasteiger partial charge in [-0.1, -0.05) is 11.6 Å². The second-order valence-electron chi connectivity index (χ2n) is 6.81. The molecule has 2 atom stereocenters. The van der Waals surface area contributed by atoms with Crippen LogP contribution in [-0.4, -0.2) is 40.0 Å². The highest BCUT2D eigenvalue weighted by atomic mass is 35.5. The van der Waals surface area contributed by atoms with Crippen molar-refractivity contribution in [2.75, 3.05) is 19.7 Å². The molecule has 1 fully saturated rings. The number of aromatic nitrogens is 3. The summed E-state index contributed by atoms with van der Waals surface area (Å²) in [4.78, 5) is 13.4. The minimum absolute atomic E-state index is 0.0353. The Labute approximate surface area is 169 Å². The Morgan fingerprint density at radius 2 is 2.11 bits per heavy atom. The minimum atomic E-state index is -0.0840. The quantitative estimate of drug-likeness (QED) is 0.588. The maximum absolute atomic E-state index is 12.1. The number of benzene rings is 1. The van der Waals surface area contributed by atoms with Gasteiger partial charge in [0.15, 0.2) is 12.5 Å². The van der Waals surface area contributed by atoms with E-state index >= 15 is 0 Å². The van der Waals surface area contributed by atoms with Gasteiger partial charge in [-0.15, -0.1) is 5.10 Å². The van der Waals surface area contributed by atoms with Gasteiger partial charge in [-0.3, -0.25) is 4.79 Å². The van der Waals surface area contributed by atoms with Gasteiger partial charge in [-0.2, -0.15) is 4.68 Å². The van der Waals surface area contributed by atoms with Crippen LogP contribution in [0, 0.1) is 10.7 Å². The Hall–Kier alpha value is -1.70. The van der Waals surface area contributed by atoms with Gasteiger partial charge in [-0.05, 0) is 63.2 Å². The van der Waals surface area contributed by atoms with Gasteiger partial charge >= 0.3 is 5.97 Å². The van der Waals surface area contributed by atoms with Crippen LogP contribution >= 0.6 is 23.8 Å². The van der Waals surface area contributed by atoms with Gasteiger partial charge in [0, 0.05) is 17.1 Å². The van der Waals surface area contributed by atoms with E-state index in [0.29, 0.717) is 23.1 Å². The number of rotatable bonds is 6. The van der Waals surface area contributed by atoms with Crippen molar-refractivity contribution in [2.45, 2.75) is 39.9 Å². The number of hydrogen-bond acceptors (Lipinski definition) is 4. The molecule has 146 valence electrons. The maximum Gasteiger partial charge on any atom is 0.314 e. The molecule has 2 heterocycles. The number of nitrogens with zero attached hydrogens (tertiary/aromatic N) is 3. The van der Waals surface area contributed by atoms with E-state index in [-0.39, 0.29) is 11.9 Å². The van der Waals surface area contributed by atoms with E-state index in [1.54, 1.807) is 0 Å². The number of quaternary nitrogens is 1. The van der Waals surface area contributed by atoms with Crippen molar-refractivity contribution in [2.24, 2.45) is 5.92 Å². The van der Waals surface area contributed by atoms with E-state index in [0.717, 1.165) is 43.9 Å². The predicted molar refractivity (Wildman–Crippen MR) is 107 cm³/mol. The zero-order chi connectivity index (χ0) is 19.4. The number of piperidine rings is 1. The van der Waals surface area contributed by atoms with Gasteiger partial charge in [-0.25, -0.2) is 0 Å². The molecule has 1 saturated heterocycles. The van der Waals surface area contributed by atoms with E-state index in [1.165, 1.54) is 4.90 Å². The molecule has 1 aliphatic heterocycles. The zero-order valence-electron chi connectivity index (χ0n) is 15.8. The Kier molecular flexibility index (Phi) is 6.68. The normalized spacial score (nSPS) is 19.8. The number of ether oxygens (including phenoxy) is 1. The van der Waals surface area contributed by atoms with Crippen LogP contribution in [0.2, 0.25) is 5.02 Å². The van der Waals surface area contributed by atoms with Crippen LogP contribution in [-0.2, 0) is 22.7 Å². The monoisotopic (exact) mass is 409 g/mol. The third-order valence-electron chi connectivity index (χ3n) is 4.95. The lowest BCUT2D eigenvalue weighted by atomic mass is 9.99. The van der Waals surface area contributed by atoms with Crippen molar-refractivity contribution >= 4 is 29.8 Å². The molecule has 0 saturated carbocycles. The standard InChI is InChI=1S/C19H25ClN4O2S/c1-3-23-17(14-7-9-16(20)10-8-14)21-24(19(23)27)13-22-11-5-6-15(12-22)18(25)26-4-2/h7-10,15H,3-6,11-13H2,1-2H3/p+1/t15-/m0/s1.